The largest absolute Gasteiger partial charge is 0.502 e. The van der Waals surface area contributed by atoms with Crippen LogP contribution in [0.3, 0.4) is 0 Å². The lowest BCUT2D eigenvalue weighted by Crippen LogP contribution is -2.31. The quantitative estimate of drug-likeness (QED) is 0.883. The van der Waals surface area contributed by atoms with Gasteiger partial charge in [0.2, 0.25) is 0 Å². The number of aliphatic hydroxyl groups is 1. The highest BCUT2D eigenvalue weighted by Crippen LogP contribution is 2.33. The van der Waals surface area contributed by atoms with Crippen LogP contribution in [-0.4, -0.2) is 31.0 Å². The van der Waals surface area contributed by atoms with Gasteiger partial charge in [-0.1, -0.05) is 35.9 Å². The lowest BCUT2D eigenvalue weighted by atomic mass is 10.0. The number of hydrogen-bond acceptors (Lipinski definition) is 4. The molecule has 0 bridgehead atoms. The third kappa shape index (κ3) is 2.54. The van der Waals surface area contributed by atoms with Gasteiger partial charge in [-0.3, -0.25) is 9.59 Å². The first-order valence-electron chi connectivity index (χ1n) is 7.56. The minimum atomic E-state index is -0.702. The molecule has 0 fully saturated rings. The van der Waals surface area contributed by atoms with Gasteiger partial charge in [0.05, 0.1) is 11.3 Å². The molecule has 2 amide bonds. The average molecular weight is 322 g/mol. The second-order valence-electron chi connectivity index (χ2n) is 5.95. The van der Waals surface area contributed by atoms with E-state index < -0.39 is 17.6 Å². The molecule has 2 aromatic rings. The molecule has 0 spiro atoms. The number of carbonyl (C=O) groups excluding carboxylic acids is 2. The zero-order valence-electron chi connectivity index (χ0n) is 13.8. The van der Waals surface area contributed by atoms with E-state index in [1.54, 1.807) is 30.3 Å². The van der Waals surface area contributed by atoms with Crippen LogP contribution in [0.1, 0.15) is 11.1 Å². The number of hydrogen-bond donors (Lipinski definition) is 1. The molecule has 0 radical (unpaired) electrons. The highest BCUT2D eigenvalue weighted by Gasteiger charge is 2.40. The number of benzene rings is 2. The first-order valence-corrected chi connectivity index (χ1v) is 7.56. The van der Waals surface area contributed by atoms with Crippen molar-refractivity contribution >= 4 is 28.8 Å². The first kappa shape index (κ1) is 15.8. The van der Waals surface area contributed by atoms with Crippen LogP contribution in [0.15, 0.2) is 54.3 Å². The fourth-order valence-electron chi connectivity index (χ4n) is 2.64. The van der Waals surface area contributed by atoms with Gasteiger partial charge in [-0.15, -0.1) is 0 Å². The summed E-state index contributed by atoms with van der Waals surface area (Å²) >= 11 is 0. The van der Waals surface area contributed by atoms with E-state index in [4.69, 9.17) is 0 Å². The van der Waals surface area contributed by atoms with Crippen LogP contribution in [0.4, 0.5) is 11.4 Å². The minimum Gasteiger partial charge on any atom is -0.502 e. The number of amides is 2. The van der Waals surface area contributed by atoms with Crippen molar-refractivity contribution in [3.8, 4) is 0 Å². The van der Waals surface area contributed by atoms with Crippen LogP contribution in [0.25, 0.3) is 5.57 Å². The lowest BCUT2D eigenvalue weighted by Gasteiger charge is -2.18. The topological polar surface area (TPSA) is 60.9 Å². The van der Waals surface area contributed by atoms with E-state index in [2.05, 4.69) is 0 Å². The summed E-state index contributed by atoms with van der Waals surface area (Å²) in [5, 5.41) is 10.2. The van der Waals surface area contributed by atoms with Gasteiger partial charge in [-0.25, -0.2) is 4.90 Å². The van der Waals surface area contributed by atoms with E-state index in [1.807, 2.05) is 44.1 Å². The highest BCUT2D eigenvalue weighted by molar-refractivity contribution is 6.44. The Morgan fingerprint density at radius 2 is 1.62 bits per heavy atom. The highest BCUT2D eigenvalue weighted by atomic mass is 16.3. The molecule has 5 heteroatoms. The molecular formula is C19H18N2O3. The number of nitrogens with zero attached hydrogens (tertiary/aromatic N) is 2. The minimum absolute atomic E-state index is 0.0373. The molecule has 1 N–H and O–H groups in total. The van der Waals surface area contributed by atoms with Crippen molar-refractivity contribution < 1.29 is 14.7 Å². The maximum absolute atomic E-state index is 12.8. The van der Waals surface area contributed by atoms with Gasteiger partial charge < -0.3 is 10.0 Å². The first-order chi connectivity index (χ1) is 11.4. The summed E-state index contributed by atoms with van der Waals surface area (Å²) in [6.45, 7) is 1.93. The van der Waals surface area contributed by atoms with Gasteiger partial charge in [-0.05, 0) is 30.7 Å². The Labute approximate surface area is 140 Å². The molecule has 5 nitrogen and oxygen atoms in total. The Balaban J connectivity index is 2.02. The van der Waals surface area contributed by atoms with Crippen molar-refractivity contribution in [2.45, 2.75) is 6.92 Å². The van der Waals surface area contributed by atoms with Crippen molar-refractivity contribution in [1.29, 1.82) is 0 Å². The summed E-state index contributed by atoms with van der Waals surface area (Å²) in [4.78, 5) is 28.1. The Hall–Kier alpha value is -3.08. The van der Waals surface area contributed by atoms with Crippen molar-refractivity contribution in [3.05, 3.63) is 65.4 Å². The molecule has 1 heterocycles. The third-order valence-corrected chi connectivity index (χ3v) is 4.00. The van der Waals surface area contributed by atoms with E-state index in [9.17, 15) is 14.7 Å². The maximum atomic E-state index is 12.8. The second-order valence-corrected chi connectivity index (χ2v) is 5.95. The maximum Gasteiger partial charge on any atom is 0.301 e. The third-order valence-electron chi connectivity index (χ3n) is 4.00. The van der Waals surface area contributed by atoms with Gasteiger partial charge in [-0.2, -0.15) is 0 Å². The molecule has 1 aliphatic heterocycles. The van der Waals surface area contributed by atoms with Crippen LogP contribution in [-0.2, 0) is 9.59 Å². The van der Waals surface area contributed by atoms with Crippen LogP contribution in [0, 0.1) is 6.92 Å². The summed E-state index contributed by atoms with van der Waals surface area (Å²) < 4.78 is 0. The van der Waals surface area contributed by atoms with Gasteiger partial charge in [0.25, 0.3) is 5.91 Å². The smallest absolute Gasteiger partial charge is 0.301 e. The van der Waals surface area contributed by atoms with Crippen molar-refractivity contribution in [2.24, 2.45) is 0 Å². The normalized spacial score (nSPS) is 14.5. The zero-order chi connectivity index (χ0) is 17.4. The van der Waals surface area contributed by atoms with E-state index in [0.29, 0.717) is 11.3 Å². The van der Waals surface area contributed by atoms with Crippen LogP contribution >= 0.6 is 0 Å². The number of aryl methyl sites for hydroxylation is 1. The Morgan fingerprint density at radius 3 is 2.25 bits per heavy atom. The monoisotopic (exact) mass is 322 g/mol. The fourth-order valence-corrected chi connectivity index (χ4v) is 2.64. The number of rotatable bonds is 3. The Bertz CT molecular complexity index is 851. The summed E-state index contributed by atoms with van der Waals surface area (Å²) in [5.41, 5.74) is 2.89. The van der Waals surface area contributed by atoms with Crippen LogP contribution in [0.5, 0.6) is 0 Å². The Kier molecular flexibility index (Phi) is 3.85. The van der Waals surface area contributed by atoms with E-state index >= 15 is 0 Å². The Morgan fingerprint density at radius 1 is 0.958 bits per heavy atom. The molecule has 3 rings (SSSR count). The number of aliphatic hydroxyl groups excluding tert-OH is 1. The predicted molar refractivity (Wildman–Crippen MR) is 94.0 cm³/mol. The van der Waals surface area contributed by atoms with Crippen LogP contribution in [0.2, 0.25) is 0 Å². The predicted octanol–water partition coefficient (Wildman–Crippen LogP) is 2.90. The SMILES string of the molecule is Cc1ccc(C2=C(O)C(=O)N(c3cccc(N(C)C)c3)C2=O)cc1. The van der Waals surface area contributed by atoms with Gasteiger partial charge in [0.15, 0.2) is 5.76 Å². The summed E-state index contributed by atoms with van der Waals surface area (Å²) in [6.07, 6.45) is 0. The van der Waals surface area contributed by atoms with Crippen molar-refractivity contribution in [3.63, 3.8) is 0 Å². The summed E-state index contributed by atoms with van der Waals surface area (Å²) in [5.74, 6) is -1.73. The van der Waals surface area contributed by atoms with Crippen molar-refractivity contribution in [1.82, 2.24) is 0 Å². The van der Waals surface area contributed by atoms with Gasteiger partial charge in [0, 0.05) is 19.8 Å². The molecule has 0 unspecified atom stereocenters. The van der Waals surface area contributed by atoms with Gasteiger partial charge in [0.1, 0.15) is 0 Å². The average Bonchev–Trinajstić information content (AvgIpc) is 2.78. The summed E-state index contributed by atoms with van der Waals surface area (Å²) in [7, 11) is 3.75. The zero-order valence-corrected chi connectivity index (χ0v) is 13.8. The van der Waals surface area contributed by atoms with Crippen LogP contribution < -0.4 is 9.80 Å². The fraction of sp³-hybridized carbons (Fsp3) is 0.158. The van der Waals surface area contributed by atoms with E-state index in [-0.39, 0.29) is 5.57 Å². The summed E-state index contributed by atoms with van der Waals surface area (Å²) in [6, 6.07) is 14.2. The molecule has 0 saturated heterocycles. The number of carbonyl (C=O) groups is 2. The van der Waals surface area contributed by atoms with Gasteiger partial charge >= 0.3 is 5.91 Å². The molecule has 122 valence electrons. The van der Waals surface area contributed by atoms with E-state index in [1.165, 1.54) is 0 Å². The standard InChI is InChI=1S/C19H18N2O3/c1-12-7-9-13(10-8-12)16-17(22)19(24)21(18(16)23)15-6-4-5-14(11-15)20(2)3/h4-11,22H,1-3H3. The second kappa shape index (κ2) is 5.85. The lowest BCUT2D eigenvalue weighted by molar-refractivity contribution is -0.121. The molecule has 24 heavy (non-hydrogen) atoms. The molecular weight excluding hydrogens is 304 g/mol. The van der Waals surface area contributed by atoms with E-state index in [0.717, 1.165) is 16.2 Å². The molecule has 0 aromatic heterocycles. The molecule has 1 aliphatic rings. The molecule has 0 saturated carbocycles. The molecule has 0 atom stereocenters. The number of imide groups is 1. The number of anilines is 2. The van der Waals surface area contributed by atoms with Crippen molar-refractivity contribution in [2.75, 3.05) is 23.9 Å². The molecule has 0 aliphatic carbocycles. The molecule has 2 aromatic carbocycles.